The summed E-state index contributed by atoms with van der Waals surface area (Å²) >= 11 is 0. The summed E-state index contributed by atoms with van der Waals surface area (Å²) < 4.78 is 0. The summed E-state index contributed by atoms with van der Waals surface area (Å²) in [5.41, 5.74) is 6.72. The Morgan fingerprint density at radius 1 is 1.24 bits per heavy atom. The van der Waals surface area contributed by atoms with Gasteiger partial charge in [0.1, 0.15) is 11.5 Å². The number of amidine groups is 1. The molecular weight excluding hydrogens is 274 g/mol. The molecule has 2 aliphatic rings. The average molecular weight is 285 g/mol. The average Bonchev–Trinajstić information content (AvgIpc) is 2.81. The Labute approximate surface area is 119 Å². The van der Waals surface area contributed by atoms with E-state index in [1.807, 2.05) is 0 Å². The van der Waals surface area contributed by atoms with E-state index in [4.69, 9.17) is 5.73 Å². The van der Waals surface area contributed by atoms with Crippen LogP contribution in [0.3, 0.4) is 0 Å². The van der Waals surface area contributed by atoms with Gasteiger partial charge in [-0.05, 0) is 12.1 Å². The van der Waals surface area contributed by atoms with Crippen molar-refractivity contribution in [3.05, 3.63) is 29.3 Å². The maximum absolute atomic E-state index is 11.8. The lowest BCUT2D eigenvalue weighted by atomic mass is 10.1. The van der Waals surface area contributed by atoms with Crippen molar-refractivity contribution >= 4 is 29.6 Å². The van der Waals surface area contributed by atoms with Crippen LogP contribution in [0.4, 0.5) is 5.69 Å². The predicted octanol–water partition coefficient (Wildman–Crippen LogP) is 0.144. The summed E-state index contributed by atoms with van der Waals surface area (Å²) in [6.07, 6.45) is 1.50. The molecule has 2 aliphatic heterocycles. The minimum absolute atomic E-state index is 0.0378. The highest BCUT2D eigenvalue weighted by Gasteiger charge is 2.27. The Balaban J connectivity index is 1.82. The fourth-order valence-electron chi connectivity index (χ4n) is 2.02. The van der Waals surface area contributed by atoms with Crippen LogP contribution in [0, 0.1) is 0 Å². The first-order valence-corrected chi connectivity index (χ1v) is 6.05. The Bertz CT molecular complexity index is 761. The quantitative estimate of drug-likeness (QED) is 0.463. The van der Waals surface area contributed by atoms with Crippen LogP contribution in [0.25, 0.3) is 0 Å². The lowest BCUT2D eigenvalue weighted by molar-refractivity contribution is -0.113. The van der Waals surface area contributed by atoms with Gasteiger partial charge in [-0.3, -0.25) is 4.79 Å². The molecule has 0 aliphatic carbocycles. The Morgan fingerprint density at radius 3 is 2.81 bits per heavy atom. The first kappa shape index (κ1) is 12.9. The van der Waals surface area contributed by atoms with Crippen LogP contribution in [-0.2, 0) is 4.79 Å². The summed E-state index contributed by atoms with van der Waals surface area (Å²) in [5, 5.41) is 21.9. The van der Waals surface area contributed by atoms with Crippen LogP contribution in [0.1, 0.15) is 0 Å². The number of rotatable bonds is 3. The van der Waals surface area contributed by atoms with Crippen molar-refractivity contribution in [3.8, 4) is 11.5 Å². The number of carbonyl (C=O) groups excluding carboxylic acids is 1. The molecule has 5 N–H and O–H groups in total. The number of hydrogen-bond acceptors (Lipinski definition) is 7. The molecule has 8 nitrogen and oxygen atoms in total. The summed E-state index contributed by atoms with van der Waals surface area (Å²) in [7, 11) is 0. The van der Waals surface area contributed by atoms with Crippen molar-refractivity contribution < 1.29 is 15.0 Å². The molecule has 1 aromatic carbocycles. The van der Waals surface area contributed by atoms with Gasteiger partial charge in [0, 0.05) is 24.4 Å². The zero-order valence-corrected chi connectivity index (χ0v) is 10.7. The Kier molecular flexibility index (Phi) is 2.90. The number of aliphatic imine (C=N–C) groups is 3. The number of hydrogen-bond donors (Lipinski definition) is 4. The zero-order valence-electron chi connectivity index (χ0n) is 10.7. The SMILES string of the molecule is NC1=NC(=O)C2=C(CNc3ccc(O)cc3O)C=NC2=N1. The molecule has 1 aromatic rings. The van der Waals surface area contributed by atoms with Crippen molar-refractivity contribution in [2.75, 3.05) is 11.9 Å². The van der Waals surface area contributed by atoms with Gasteiger partial charge in [-0.15, -0.1) is 0 Å². The minimum atomic E-state index is -0.485. The fourth-order valence-corrected chi connectivity index (χ4v) is 2.02. The summed E-state index contributed by atoms with van der Waals surface area (Å²) in [4.78, 5) is 23.3. The maximum atomic E-state index is 11.8. The number of carbonyl (C=O) groups is 1. The third-order valence-corrected chi connectivity index (χ3v) is 2.99. The number of anilines is 1. The van der Waals surface area contributed by atoms with Gasteiger partial charge in [0.2, 0.25) is 5.96 Å². The topological polar surface area (TPSA) is 133 Å². The van der Waals surface area contributed by atoms with Gasteiger partial charge in [-0.2, -0.15) is 9.98 Å². The molecule has 0 radical (unpaired) electrons. The van der Waals surface area contributed by atoms with E-state index in [9.17, 15) is 15.0 Å². The number of nitrogens with zero attached hydrogens (tertiary/aromatic N) is 3. The second-order valence-corrected chi connectivity index (χ2v) is 4.42. The normalized spacial score (nSPS) is 16.7. The molecule has 0 unspecified atom stereocenters. The van der Waals surface area contributed by atoms with Crippen molar-refractivity contribution in [2.24, 2.45) is 20.7 Å². The van der Waals surface area contributed by atoms with E-state index in [1.54, 1.807) is 0 Å². The second kappa shape index (κ2) is 4.75. The predicted molar refractivity (Wildman–Crippen MR) is 77.8 cm³/mol. The number of fused-ring (bicyclic) bond motifs is 1. The number of guanidine groups is 1. The van der Waals surface area contributed by atoms with Gasteiger partial charge >= 0.3 is 0 Å². The molecule has 2 heterocycles. The van der Waals surface area contributed by atoms with Crippen molar-refractivity contribution in [1.29, 1.82) is 0 Å². The van der Waals surface area contributed by atoms with Crippen molar-refractivity contribution in [1.82, 2.24) is 0 Å². The van der Waals surface area contributed by atoms with Gasteiger partial charge in [0.25, 0.3) is 5.91 Å². The number of phenolic OH excluding ortho intramolecular Hbond substituents is 2. The Morgan fingerprint density at radius 2 is 2.05 bits per heavy atom. The highest BCUT2D eigenvalue weighted by molar-refractivity contribution is 6.34. The van der Waals surface area contributed by atoms with Crippen LogP contribution in [0.15, 0.2) is 44.3 Å². The van der Waals surface area contributed by atoms with E-state index in [1.165, 1.54) is 24.4 Å². The third kappa shape index (κ3) is 2.34. The molecule has 1 amide bonds. The van der Waals surface area contributed by atoms with Gasteiger partial charge < -0.3 is 21.3 Å². The number of amides is 1. The van der Waals surface area contributed by atoms with Crippen LogP contribution in [-0.4, -0.2) is 40.7 Å². The summed E-state index contributed by atoms with van der Waals surface area (Å²) in [5.74, 6) is -0.479. The van der Waals surface area contributed by atoms with Gasteiger partial charge in [0.05, 0.1) is 11.3 Å². The monoisotopic (exact) mass is 285 g/mol. The number of benzene rings is 1. The maximum Gasteiger partial charge on any atom is 0.284 e. The van der Waals surface area contributed by atoms with E-state index >= 15 is 0 Å². The number of aromatic hydroxyl groups is 2. The molecule has 0 saturated carbocycles. The van der Waals surface area contributed by atoms with Crippen LogP contribution in [0.5, 0.6) is 11.5 Å². The molecular formula is C13H11N5O3. The van der Waals surface area contributed by atoms with E-state index in [0.717, 1.165) is 0 Å². The van der Waals surface area contributed by atoms with Gasteiger partial charge in [-0.25, -0.2) is 4.99 Å². The minimum Gasteiger partial charge on any atom is -0.508 e. The molecule has 0 atom stereocenters. The van der Waals surface area contributed by atoms with Crippen LogP contribution in [0.2, 0.25) is 0 Å². The van der Waals surface area contributed by atoms with Crippen LogP contribution >= 0.6 is 0 Å². The molecule has 3 rings (SSSR count). The molecule has 0 saturated heterocycles. The molecule has 21 heavy (non-hydrogen) atoms. The molecule has 8 heteroatoms. The van der Waals surface area contributed by atoms with Crippen LogP contribution < -0.4 is 11.1 Å². The van der Waals surface area contributed by atoms with E-state index < -0.39 is 5.91 Å². The summed E-state index contributed by atoms with van der Waals surface area (Å²) in [6.45, 7) is 0.247. The molecule has 0 bridgehead atoms. The number of nitrogens with two attached hydrogens (primary N) is 1. The van der Waals surface area contributed by atoms with Crippen molar-refractivity contribution in [3.63, 3.8) is 0 Å². The molecule has 0 spiro atoms. The summed E-state index contributed by atoms with van der Waals surface area (Å²) in [6, 6.07) is 4.18. The number of nitrogens with one attached hydrogen (secondary N) is 1. The first-order valence-electron chi connectivity index (χ1n) is 6.05. The highest BCUT2D eigenvalue weighted by Crippen LogP contribution is 2.28. The smallest absolute Gasteiger partial charge is 0.284 e. The lowest BCUT2D eigenvalue weighted by Crippen LogP contribution is -2.23. The first-order chi connectivity index (χ1) is 10.0. The molecule has 106 valence electrons. The van der Waals surface area contributed by atoms with Gasteiger partial charge in [-0.1, -0.05) is 0 Å². The standard InChI is InChI=1S/C13H11N5O3/c14-13-17-11-10(12(21)18-13)6(5-16-11)4-15-8-2-1-7(19)3-9(8)20/h1-3,5,15,19-20H,4H2,(H2,14,18,21). The third-order valence-electron chi connectivity index (χ3n) is 2.99. The van der Waals surface area contributed by atoms with E-state index in [2.05, 4.69) is 20.3 Å². The largest absolute Gasteiger partial charge is 0.508 e. The van der Waals surface area contributed by atoms with E-state index in [0.29, 0.717) is 16.8 Å². The number of phenols is 2. The Hall–Kier alpha value is -3.16. The zero-order chi connectivity index (χ0) is 15.0. The highest BCUT2D eigenvalue weighted by atomic mass is 16.3. The molecule has 0 aromatic heterocycles. The van der Waals surface area contributed by atoms with Gasteiger partial charge in [0.15, 0.2) is 5.84 Å². The van der Waals surface area contributed by atoms with E-state index in [-0.39, 0.29) is 29.8 Å². The molecule has 0 fully saturated rings. The second-order valence-electron chi connectivity index (χ2n) is 4.42. The lowest BCUT2D eigenvalue weighted by Gasteiger charge is -2.10. The fraction of sp³-hybridized carbons (Fsp3) is 0.0769. The van der Waals surface area contributed by atoms with Crippen molar-refractivity contribution in [2.45, 2.75) is 0 Å².